The van der Waals surface area contributed by atoms with Crippen LogP contribution in [-0.2, 0) is 6.54 Å². The Morgan fingerprint density at radius 1 is 1.21 bits per heavy atom. The van der Waals surface area contributed by atoms with Crippen molar-refractivity contribution in [1.82, 2.24) is 29.3 Å². The van der Waals surface area contributed by atoms with E-state index >= 15 is 0 Å². The number of nitrogens with zero attached hydrogens (tertiary/aromatic N) is 5. The van der Waals surface area contributed by atoms with Crippen molar-refractivity contribution < 1.29 is 0 Å². The summed E-state index contributed by atoms with van der Waals surface area (Å²) in [6.07, 6.45) is 3.50. The molecule has 8 nitrogen and oxygen atoms in total. The molecule has 0 saturated carbocycles. The van der Waals surface area contributed by atoms with Gasteiger partial charge in [0.1, 0.15) is 5.52 Å². The average molecular weight is 321 g/mol. The highest BCUT2D eigenvalue weighted by molar-refractivity contribution is 5.82. The molecule has 0 amide bonds. The zero-order valence-electron chi connectivity index (χ0n) is 13.0. The first-order chi connectivity index (χ1) is 11.6. The average Bonchev–Trinajstić information content (AvgIpc) is 3.14. The molecule has 3 heterocycles. The second-order valence-corrected chi connectivity index (χ2v) is 5.57. The van der Waals surface area contributed by atoms with Crippen LogP contribution in [0.2, 0.25) is 0 Å². The Kier molecular flexibility index (Phi) is 3.16. The Balaban J connectivity index is 1.89. The Bertz CT molecular complexity index is 1070. The number of rotatable bonds is 3. The first kappa shape index (κ1) is 14.2. The van der Waals surface area contributed by atoms with Crippen molar-refractivity contribution in [2.45, 2.75) is 13.5 Å². The van der Waals surface area contributed by atoms with Gasteiger partial charge in [-0.2, -0.15) is 15.1 Å². The van der Waals surface area contributed by atoms with Crippen LogP contribution in [0.3, 0.4) is 0 Å². The van der Waals surface area contributed by atoms with E-state index in [-0.39, 0.29) is 11.5 Å². The van der Waals surface area contributed by atoms with Crippen LogP contribution in [0, 0.1) is 6.92 Å². The van der Waals surface area contributed by atoms with E-state index in [2.05, 4.69) is 20.1 Å². The Hall–Kier alpha value is -3.42. The van der Waals surface area contributed by atoms with E-state index < -0.39 is 0 Å². The number of aromatic amines is 1. The number of anilines is 1. The molecule has 8 heteroatoms. The Morgan fingerprint density at radius 3 is 2.71 bits per heavy atom. The zero-order chi connectivity index (χ0) is 16.7. The predicted molar refractivity (Wildman–Crippen MR) is 90.0 cm³/mol. The largest absolute Gasteiger partial charge is 0.382 e. The molecule has 1 aromatic carbocycles. The zero-order valence-corrected chi connectivity index (χ0v) is 13.0. The fraction of sp³-hybridized carbons (Fsp3) is 0.125. The van der Waals surface area contributed by atoms with Crippen LogP contribution < -0.4 is 11.4 Å². The number of imidazole rings is 1. The molecule has 24 heavy (non-hydrogen) atoms. The fourth-order valence-electron chi connectivity index (χ4n) is 2.58. The smallest absolute Gasteiger partial charge is 0.328 e. The highest BCUT2D eigenvalue weighted by Gasteiger charge is 2.15. The van der Waals surface area contributed by atoms with E-state index in [4.69, 9.17) is 5.73 Å². The van der Waals surface area contributed by atoms with Crippen LogP contribution in [0.25, 0.3) is 17.1 Å². The van der Waals surface area contributed by atoms with Crippen molar-refractivity contribution in [1.29, 1.82) is 0 Å². The Labute approximate surface area is 136 Å². The SMILES string of the molecule is Cc1cnn(-c2nc(N)c3[nH]c(=O)n(Cc4ccccc4)c3n2)c1. The Morgan fingerprint density at radius 2 is 2.00 bits per heavy atom. The summed E-state index contributed by atoms with van der Waals surface area (Å²) < 4.78 is 3.08. The summed E-state index contributed by atoms with van der Waals surface area (Å²) in [7, 11) is 0. The van der Waals surface area contributed by atoms with E-state index in [0.29, 0.717) is 23.7 Å². The van der Waals surface area contributed by atoms with E-state index in [1.165, 1.54) is 4.68 Å². The third-order valence-corrected chi connectivity index (χ3v) is 3.74. The first-order valence-electron chi connectivity index (χ1n) is 7.43. The molecular formula is C16H15N7O. The van der Waals surface area contributed by atoms with Gasteiger partial charge in [-0.3, -0.25) is 4.57 Å². The van der Waals surface area contributed by atoms with Gasteiger partial charge in [0.25, 0.3) is 5.95 Å². The van der Waals surface area contributed by atoms with E-state index in [0.717, 1.165) is 11.1 Å². The highest BCUT2D eigenvalue weighted by Crippen LogP contribution is 2.17. The van der Waals surface area contributed by atoms with Crippen molar-refractivity contribution in [3.05, 3.63) is 64.3 Å². The lowest BCUT2D eigenvalue weighted by atomic mass is 10.2. The quantitative estimate of drug-likeness (QED) is 0.590. The number of aromatic nitrogens is 6. The van der Waals surface area contributed by atoms with Gasteiger partial charge in [0.2, 0.25) is 0 Å². The number of hydrogen-bond donors (Lipinski definition) is 2. The summed E-state index contributed by atoms with van der Waals surface area (Å²) >= 11 is 0. The molecule has 0 bridgehead atoms. The third-order valence-electron chi connectivity index (χ3n) is 3.74. The lowest BCUT2D eigenvalue weighted by Gasteiger charge is -2.05. The second kappa shape index (κ2) is 5.34. The molecule has 120 valence electrons. The maximum absolute atomic E-state index is 12.3. The monoisotopic (exact) mass is 321 g/mol. The summed E-state index contributed by atoms with van der Waals surface area (Å²) in [6.45, 7) is 2.32. The number of nitrogens with one attached hydrogen (secondary N) is 1. The van der Waals surface area contributed by atoms with Gasteiger partial charge in [-0.25, -0.2) is 9.48 Å². The molecule has 3 N–H and O–H groups in total. The van der Waals surface area contributed by atoms with Crippen LogP contribution >= 0.6 is 0 Å². The summed E-state index contributed by atoms with van der Waals surface area (Å²) in [6, 6.07) is 9.69. The van der Waals surface area contributed by atoms with Crippen LogP contribution in [-0.4, -0.2) is 29.3 Å². The highest BCUT2D eigenvalue weighted by atomic mass is 16.1. The summed E-state index contributed by atoms with van der Waals surface area (Å²) in [5, 5.41) is 4.19. The number of H-pyrrole nitrogens is 1. The number of hydrogen-bond acceptors (Lipinski definition) is 5. The number of benzene rings is 1. The fourth-order valence-corrected chi connectivity index (χ4v) is 2.58. The van der Waals surface area contributed by atoms with Crippen LogP contribution in [0.1, 0.15) is 11.1 Å². The van der Waals surface area contributed by atoms with E-state index in [9.17, 15) is 4.79 Å². The number of fused-ring (bicyclic) bond motifs is 1. The van der Waals surface area contributed by atoms with Gasteiger partial charge in [0.05, 0.1) is 12.7 Å². The molecule has 0 aliphatic rings. The molecule has 4 rings (SSSR count). The van der Waals surface area contributed by atoms with Crippen LogP contribution in [0.5, 0.6) is 0 Å². The summed E-state index contributed by atoms with van der Waals surface area (Å²) in [5.74, 6) is 0.543. The van der Waals surface area contributed by atoms with Gasteiger partial charge < -0.3 is 10.7 Å². The predicted octanol–water partition coefficient (Wildman–Crippen LogP) is 1.24. The molecule has 0 aliphatic carbocycles. The molecular weight excluding hydrogens is 306 g/mol. The molecule has 0 atom stereocenters. The van der Waals surface area contributed by atoms with Gasteiger partial charge in [-0.05, 0) is 18.1 Å². The molecule has 0 radical (unpaired) electrons. The molecule has 0 saturated heterocycles. The van der Waals surface area contributed by atoms with Gasteiger partial charge in [-0.15, -0.1) is 0 Å². The van der Waals surface area contributed by atoms with Crippen LogP contribution in [0.15, 0.2) is 47.5 Å². The van der Waals surface area contributed by atoms with Crippen molar-refractivity contribution in [2.24, 2.45) is 0 Å². The first-order valence-corrected chi connectivity index (χ1v) is 7.43. The normalized spacial score (nSPS) is 11.2. The second-order valence-electron chi connectivity index (χ2n) is 5.57. The molecule has 0 spiro atoms. The minimum atomic E-state index is -0.274. The maximum atomic E-state index is 12.3. The summed E-state index contributed by atoms with van der Waals surface area (Å²) in [5.41, 5.74) is 8.59. The maximum Gasteiger partial charge on any atom is 0.328 e. The van der Waals surface area contributed by atoms with Gasteiger partial charge >= 0.3 is 5.69 Å². The summed E-state index contributed by atoms with van der Waals surface area (Å²) in [4.78, 5) is 23.7. The number of aryl methyl sites for hydroxylation is 1. The lowest BCUT2D eigenvalue weighted by Crippen LogP contribution is -2.18. The van der Waals surface area contributed by atoms with Crippen molar-refractivity contribution >= 4 is 17.0 Å². The van der Waals surface area contributed by atoms with Crippen molar-refractivity contribution in [3.63, 3.8) is 0 Å². The number of nitrogens with two attached hydrogens (primary N) is 1. The standard InChI is InChI=1S/C16H15N7O/c1-10-7-18-23(8-10)15-20-13(17)12-14(21-15)22(16(24)19-12)9-11-5-3-2-4-6-11/h2-8H,9H2,1H3,(H,19,24)(H2,17,20,21). The number of nitrogen functional groups attached to an aromatic ring is 1. The lowest BCUT2D eigenvalue weighted by molar-refractivity contribution is 0.765. The third kappa shape index (κ3) is 2.34. The molecule has 0 fully saturated rings. The van der Waals surface area contributed by atoms with Crippen molar-refractivity contribution in [2.75, 3.05) is 5.73 Å². The molecule has 3 aromatic heterocycles. The van der Waals surface area contributed by atoms with E-state index in [1.807, 2.05) is 37.3 Å². The molecule has 4 aromatic rings. The topological polar surface area (TPSA) is 107 Å². The molecule has 0 unspecified atom stereocenters. The van der Waals surface area contributed by atoms with Crippen molar-refractivity contribution in [3.8, 4) is 5.95 Å². The van der Waals surface area contributed by atoms with Gasteiger partial charge in [0, 0.05) is 6.20 Å². The minimum absolute atomic E-state index is 0.215. The van der Waals surface area contributed by atoms with Crippen LogP contribution in [0.4, 0.5) is 5.82 Å². The molecule has 0 aliphatic heterocycles. The van der Waals surface area contributed by atoms with Gasteiger partial charge in [-0.1, -0.05) is 30.3 Å². The van der Waals surface area contributed by atoms with Gasteiger partial charge in [0.15, 0.2) is 11.5 Å². The minimum Gasteiger partial charge on any atom is -0.382 e. The van der Waals surface area contributed by atoms with E-state index in [1.54, 1.807) is 17.0 Å².